The van der Waals surface area contributed by atoms with Crippen LogP contribution in [0.5, 0.6) is 0 Å². The number of aryl methyl sites for hydroxylation is 1. The van der Waals surface area contributed by atoms with Gasteiger partial charge in [-0.15, -0.1) is 0 Å². The average molecular weight is 450 g/mol. The van der Waals surface area contributed by atoms with Crippen LogP contribution in [0.25, 0.3) is 11.2 Å². The van der Waals surface area contributed by atoms with Crippen molar-refractivity contribution in [2.75, 3.05) is 6.61 Å². The van der Waals surface area contributed by atoms with Gasteiger partial charge in [0.25, 0.3) is 5.56 Å². The zero-order valence-corrected chi connectivity index (χ0v) is 18.1. The summed E-state index contributed by atoms with van der Waals surface area (Å²) in [5.74, 6) is 6.30. The topological polar surface area (TPSA) is 94.9 Å². The second-order valence-corrected chi connectivity index (χ2v) is 7.60. The lowest BCUT2D eigenvalue weighted by Crippen LogP contribution is -2.40. The quantitative estimate of drug-likeness (QED) is 0.468. The Morgan fingerprint density at radius 2 is 1.84 bits per heavy atom. The number of rotatable bonds is 5. The summed E-state index contributed by atoms with van der Waals surface area (Å²) in [6, 6.07) is 12.7. The molecule has 0 spiro atoms. The Labute approximate surface area is 188 Å². The van der Waals surface area contributed by atoms with E-state index >= 15 is 0 Å². The fourth-order valence-electron chi connectivity index (χ4n) is 3.38. The highest BCUT2D eigenvalue weighted by Crippen LogP contribution is 2.16. The van der Waals surface area contributed by atoms with E-state index in [0.717, 1.165) is 10.1 Å². The van der Waals surface area contributed by atoms with Gasteiger partial charge in [-0.2, -0.15) is 0 Å². The van der Waals surface area contributed by atoms with Crippen molar-refractivity contribution >= 4 is 22.8 Å². The van der Waals surface area contributed by atoms with Gasteiger partial charge in [-0.25, -0.2) is 14.8 Å². The number of nitrogens with zero attached hydrogens (tertiary/aromatic N) is 5. The molecular weight excluding hydrogens is 430 g/mol. The van der Waals surface area contributed by atoms with Crippen LogP contribution in [0.15, 0.2) is 58.3 Å². The molecule has 0 radical (unpaired) electrons. The molecule has 32 heavy (non-hydrogen) atoms. The minimum absolute atomic E-state index is 0.110. The molecule has 9 heteroatoms. The number of benzene rings is 1. The van der Waals surface area contributed by atoms with Crippen LogP contribution in [0.4, 0.5) is 0 Å². The van der Waals surface area contributed by atoms with Crippen molar-refractivity contribution in [2.45, 2.75) is 19.5 Å². The van der Waals surface area contributed by atoms with Gasteiger partial charge in [0.2, 0.25) is 0 Å². The molecule has 3 aromatic heterocycles. The Morgan fingerprint density at radius 3 is 2.53 bits per heavy atom. The third-order valence-electron chi connectivity index (χ3n) is 4.99. The molecule has 0 saturated carbocycles. The van der Waals surface area contributed by atoms with Crippen molar-refractivity contribution in [1.29, 1.82) is 0 Å². The molecule has 4 aromatic rings. The van der Waals surface area contributed by atoms with E-state index in [9.17, 15) is 9.59 Å². The molecule has 0 saturated heterocycles. The van der Waals surface area contributed by atoms with E-state index in [-0.39, 0.29) is 30.7 Å². The monoisotopic (exact) mass is 449 g/mol. The van der Waals surface area contributed by atoms with E-state index < -0.39 is 11.2 Å². The first kappa shape index (κ1) is 21.6. The summed E-state index contributed by atoms with van der Waals surface area (Å²) < 4.78 is 4.15. The zero-order valence-electron chi connectivity index (χ0n) is 17.3. The molecule has 0 aliphatic rings. The van der Waals surface area contributed by atoms with Gasteiger partial charge in [-0.05, 0) is 48.1 Å². The van der Waals surface area contributed by atoms with Gasteiger partial charge < -0.3 is 9.67 Å². The highest BCUT2D eigenvalue weighted by atomic mass is 35.5. The number of aliphatic hydroxyl groups excluding tert-OH is 1. The van der Waals surface area contributed by atoms with Crippen LogP contribution in [-0.2, 0) is 20.1 Å². The normalized spacial score (nSPS) is 10.8. The highest BCUT2D eigenvalue weighted by Gasteiger charge is 2.19. The Hall–Kier alpha value is -3.67. The van der Waals surface area contributed by atoms with Crippen molar-refractivity contribution < 1.29 is 5.11 Å². The Kier molecular flexibility index (Phi) is 6.21. The van der Waals surface area contributed by atoms with E-state index in [1.54, 1.807) is 42.1 Å². The minimum atomic E-state index is -0.490. The van der Waals surface area contributed by atoms with E-state index in [4.69, 9.17) is 16.7 Å². The summed E-state index contributed by atoms with van der Waals surface area (Å²) in [5.41, 5.74) is 1.02. The Morgan fingerprint density at radius 1 is 1.06 bits per heavy atom. The molecular formula is C23H20ClN5O3. The molecule has 0 fully saturated rings. The first-order chi connectivity index (χ1) is 15.5. The molecule has 0 bridgehead atoms. The summed E-state index contributed by atoms with van der Waals surface area (Å²) in [7, 11) is 1.56. The van der Waals surface area contributed by atoms with E-state index in [2.05, 4.69) is 21.8 Å². The predicted molar refractivity (Wildman–Crippen MR) is 122 cm³/mol. The number of fused-ring (bicyclic) bond motifs is 1. The molecule has 0 aliphatic heterocycles. The Balaban J connectivity index is 1.95. The SMILES string of the molecule is Cn1c(=O)n(CCCO)c(=O)c2c1nc(C#Cc1ccccn1)n2Cc1ccc(Cl)cc1. The molecule has 1 N–H and O–H groups in total. The molecule has 0 amide bonds. The number of pyridine rings is 1. The van der Waals surface area contributed by atoms with Gasteiger partial charge in [-0.3, -0.25) is 13.9 Å². The molecule has 0 aliphatic carbocycles. The molecule has 4 rings (SSSR count). The molecule has 8 nitrogen and oxygen atoms in total. The van der Waals surface area contributed by atoms with Crippen LogP contribution in [0.3, 0.4) is 0 Å². The number of aromatic nitrogens is 5. The van der Waals surface area contributed by atoms with Crippen LogP contribution in [0.2, 0.25) is 5.02 Å². The molecule has 0 atom stereocenters. The van der Waals surface area contributed by atoms with Crippen LogP contribution in [0, 0.1) is 11.8 Å². The van der Waals surface area contributed by atoms with E-state index in [1.165, 1.54) is 4.57 Å². The van der Waals surface area contributed by atoms with Crippen LogP contribution >= 0.6 is 11.6 Å². The average Bonchev–Trinajstić information content (AvgIpc) is 3.17. The van der Waals surface area contributed by atoms with Gasteiger partial charge in [0.05, 0.1) is 6.54 Å². The maximum atomic E-state index is 13.3. The summed E-state index contributed by atoms with van der Waals surface area (Å²) in [4.78, 5) is 34.7. The maximum absolute atomic E-state index is 13.3. The first-order valence-electron chi connectivity index (χ1n) is 9.98. The lowest BCUT2D eigenvalue weighted by atomic mass is 10.2. The second kappa shape index (κ2) is 9.22. The van der Waals surface area contributed by atoms with Gasteiger partial charge in [-0.1, -0.05) is 29.8 Å². The number of imidazole rings is 1. The molecule has 1 aromatic carbocycles. The number of hydrogen-bond donors (Lipinski definition) is 1. The van der Waals surface area contributed by atoms with Gasteiger partial charge >= 0.3 is 5.69 Å². The summed E-state index contributed by atoms with van der Waals surface area (Å²) >= 11 is 6.01. The van der Waals surface area contributed by atoms with Crippen LogP contribution in [-0.4, -0.2) is 35.4 Å². The van der Waals surface area contributed by atoms with Crippen molar-refractivity contribution in [3.05, 3.63) is 91.6 Å². The number of halogens is 1. The largest absolute Gasteiger partial charge is 0.396 e. The lowest BCUT2D eigenvalue weighted by molar-refractivity contribution is 0.277. The molecule has 162 valence electrons. The number of aliphatic hydroxyl groups is 1. The molecule has 0 unspecified atom stereocenters. The highest BCUT2D eigenvalue weighted by molar-refractivity contribution is 6.30. The maximum Gasteiger partial charge on any atom is 0.332 e. The summed E-state index contributed by atoms with van der Waals surface area (Å²) in [6.45, 7) is 0.296. The Bertz CT molecular complexity index is 1440. The fourth-order valence-corrected chi connectivity index (χ4v) is 3.50. The fraction of sp³-hybridized carbons (Fsp3) is 0.217. The van der Waals surface area contributed by atoms with Crippen molar-refractivity contribution in [2.24, 2.45) is 7.05 Å². The summed E-state index contributed by atoms with van der Waals surface area (Å²) in [6.07, 6.45) is 1.93. The smallest absolute Gasteiger partial charge is 0.332 e. The van der Waals surface area contributed by atoms with E-state index in [1.807, 2.05) is 18.2 Å². The lowest BCUT2D eigenvalue weighted by Gasteiger charge is -2.10. The third-order valence-corrected chi connectivity index (χ3v) is 5.25. The zero-order chi connectivity index (χ0) is 22.7. The third kappa shape index (κ3) is 4.21. The van der Waals surface area contributed by atoms with Crippen molar-refractivity contribution in [1.82, 2.24) is 23.7 Å². The van der Waals surface area contributed by atoms with Crippen LogP contribution < -0.4 is 11.2 Å². The standard InChI is InChI=1S/C23H20ClN5O3/c1-27-21-20(22(31)28(23(27)32)13-4-14-30)29(15-16-6-8-17(24)9-7-16)19(26-21)11-10-18-5-2-3-12-25-18/h2-3,5-9,12,30H,4,13-15H2,1H3. The first-order valence-corrected chi connectivity index (χ1v) is 10.4. The van der Waals surface area contributed by atoms with E-state index in [0.29, 0.717) is 23.1 Å². The molecule has 3 heterocycles. The van der Waals surface area contributed by atoms with Gasteiger partial charge in [0.1, 0.15) is 5.69 Å². The minimum Gasteiger partial charge on any atom is -0.396 e. The second-order valence-electron chi connectivity index (χ2n) is 7.16. The summed E-state index contributed by atoms with van der Waals surface area (Å²) in [5, 5.41) is 9.77. The van der Waals surface area contributed by atoms with Gasteiger partial charge in [0.15, 0.2) is 17.0 Å². The van der Waals surface area contributed by atoms with Crippen molar-refractivity contribution in [3.63, 3.8) is 0 Å². The van der Waals surface area contributed by atoms with Gasteiger partial charge in [0, 0.05) is 31.4 Å². The predicted octanol–water partition coefficient (Wildman–Crippen LogP) is 1.78. The van der Waals surface area contributed by atoms with Crippen LogP contribution in [0.1, 0.15) is 23.5 Å². The number of hydrogen-bond acceptors (Lipinski definition) is 5. The van der Waals surface area contributed by atoms with Crippen molar-refractivity contribution in [3.8, 4) is 11.8 Å².